The number of nitrogens with one attached hydrogen (secondary N) is 2. The molecule has 3 rings (SSSR count). The molecular formula is C27H36N4O11S. The molecule has 2 aromatic rings. The first kappa shape index (κ1) is 33.5. The van der Waals surface area contributed by atoms with E-state index in [1.165, 1.54) is 44.1 Å². The maximum atomic E-state index is 12.8. The Morgan fingerprint density at radius 3 is 2.47 bits per heavy atom. The van der Waals surface area contributed by atoms with E-state index in [2.05, 4.69) is 15.5 Å². The molecule has 1 aliphatic heterocycles. The Bertz CT molecular complexity index is 1460. The third kappa shape index (κ3) is 8.10. The highest BCUT2D eigenvalue weighted by Gasteiger charge is 2.44. The lowest BCUT2D eigenvalue weighted by atomic mass is 9.94. The normalized spacial score (nSPS) is 17.5. The second-order valence-electron chi connectivity index (χ2n) is 10.6. The molecule has 0 spiro atoms. The maximum absolute atomic E-state index is 12.8. The van der Waals surface area contributed by atoms with E-state index in [0.29, 0.717) is 23.7 Å². The quantitative estimate of drug-likeness (QED) is 0.174. The molecule has 0 fully saturated rings. The molecule has 0 unspecified atom stereocenters. The highest BCUT2D eigenvalue weighted by Crippen LogP contribution is 2.48. The molecule has 3 atom stereocenters. The Morgan fingerprint density at radius 1 is 1.16 bits per heavy atom. The summed E-state index contributed by atoms with van der Waals surface area (Å²) in [7, 11) is -2.18. The standard InChI is InChI=1S/C27H36N4O11S/c1-6-41-21-12-16(10-11-20(21)40-4)19(14-43(5,38)39)30-24(33)17-8-7-9-18(23(17)25(30)34)29-22(32)13-28-26(35)27(2,3)15-42-31(36)37/h7-12,19,24-25,33-34H,6,13-15H2,1-5H3,(H,28,35)(H,29,32)/t19-,24+,25+/m1/s1. The van der Waals surface area contributed by atoms with Gasteiger partial charge in [-0.2, -0.15) is 0 Å². The van der Waals surface area contributed by atoms with Crippen LogP contribution in [-0.4, -0.2) is 79.3 Å². The van der Waals surface area contributed by atoms with Crippen LogP contribution in [0.15, 0.2) is 36.4 Å². The van der Waals surface area contributed by atoms with Gasteiger partial charge in [0.1, 0.15) is 28.9 Å². The summed E-state index contributed by atoms with van der Waals surface area (Å²) in [4.78, 5) is 41.2. The molecule has 0 bridgehead atoms. The van der Waals surface area contributed by atoms with E-state index in [9.17, 15) is 38.3 Å². The van der Waals surface area contributed by atoms with Crippen LogP contribution in [-0.2, 0) is 24.3 Å². The second kappa shape index (κ2) is 13.5. The molecule has 15 nitrogen and oxygen atoms in total. The predicted octanol–water partition coefficient (Wildman–Crippen LogP) is 1.47. The van der Waals surface area contributed by atoms with E-state index in [1.54, 1.807) is 25.1 Å². The zero-order valence-electron chi connectivity index (χ0n) is 24.4. The van der Waals surface area contributed by atoms with E-state index >= 15 is 0 Å². The smallest absolute Gasteiger partial charge is 0.294 e. The van der Waals surface area contributed by atoms with Crippen LogP contribution in [0.2, 0.25) is 0 Å². The number of fused-ring (bicyclic) bond motifs is 1. The molecular weight excluding hydrogens is 588 g/mol. The third-order valence-electron chi connectivity index (χ3n) is 6.76. The highest BCUT2D eigenvalue weighted by molar-refractivity contribution is 7.90. The maximum Gasteiger partial charge on any atom is 0.294 e. The topological polar surface area (TPSA) is 207 Å². The number of aliphatic hydroxyl groups excluding tert-OH is 2. The number of ether oxygens (including phenoxy) is 2. The first-order chi connectivity index (χ1) is 20.1. The number of benzene rings is 2. The van der Waals surface area contributed by atoms with Crippen molar-refractivity contribution in [2.24, 2.45) is 5.41 Å². The van der Waals surface area contributed by atoms with E-state index in [1.807, 2.05) is 0 Å². The summed E-state index contributed by atoms with van der Waals surface area (Å²) in [6, 6.07) is 8.32. The van der Waals surface area contributed by atoms with Crippen LogP contribution in [0, 0.1) is 15.5 Å². The molecule has 0 saturated carbocycles. The van der Waals surface area contributed by atoms with Crippen molar-refractivity contribution in [3.8, 4) is 11.5 Å². The minimum Gasteiger partial charge on any atom is -0.493 e. The van der Waals surface area contributed by atoms with Gasteiger partial charge in [0.2, 0.25) is 11.8 Å². The molecule has 0 radical (unpaired) electrons. The molecule has 43 heavy (non-hydrogen) atoms. The van der Waals surface area contributed by atoms with Crippen LogP contribution in [0.25, 0.3) is 0 Å². The van der Waals surface area contributed by atoms with Gasteiger partial charge < -0.3 is 35.2 Å². The molecule has 1 aliphatic rings. The average molecular weight is 625 g/mol. The van der Waals surface area contributed by atoms with Gasteiger partial charge >= 0.3 is 0 Å². The third-order valence-corrected chi connectivity index (χ3v) is 7.68. The van der Waals surface area contributed by atoms with Crippen molar-refractivity contribution in [2.45, 2.75) is 39.3 Å². The van der Waals surface area contributed by atoms with E-state index in [0.717, 1.165) is 6.26 Å². The lowest BCUT2D eigenvalue weighted by Gasteiger charge is -2.33. The number of amides is 2. The summed E-state index contributed by atoms with van der Waals surface area (Å²) in [5.74, 6) is -1.04. The van der Waals surface area contributed by atoms with Crippen molar-refractivity contribution >= 4 is 27.3 Å². The van der Waals surface area contributed by atoms with Gasteiger partial charge in [-0.25, -0.2) is 13.3 Å². The number of methoxy groups -OCH3 is 1. The molecule has 236 valence electrons. The Hall–Kier alpha value is -3.99. The van der Waals surface area contributed by atoms with Crippen LogP contribution in [0.1, 0.15) is 56.0 Å². The summed E-state index contributed by atoms with van der Waals surface area (Å²) in [6.07, 6.45) is -1.95. The van der Waals surface area contributed by atoms with Crippen molar-refractivity contribution < 1.29 is 47.6 Å². The number of carbonyl (C=O) groups excluding carboxylic acids is 2. The van der Waals surface area contributed by atoms with Gasteiger partial charge in [-0.15, -0.1) is 10.1 Å². The molecule has 4 N–H and O–H groups in total. The van der Waals surface area contributed by atoms with E-state index in [4.69, 9.17) is 9.47 Å². The first-order valence-electron chi connectivity index (χ1n) is 13.2. The van der Waals surface area contributed by atoms with Crippen LogP contribution < -0.4 is 20.1 Å². The average Bonchev–Trinajstić information content (AvgIpc) is 3.19. The summed E-state index contributed by atoms with van der Waals surface area (Å²) >= 11 is 0. The van der Waals surface area contributed by atoms with E-state index in [-0.39, 0.29) is 16.8 Å². The van der Waals surface area contributed by atoms with Gasteiger partial charge in [0.15, 0.2) is 11.5 Å². The van der Waals surface area contributed by atoms with Crippen molar-refractivity contribution in [3.05, 3.63) is 63.2 Å². The fourth-order valence-electron chi connectivity index (χ4n) is 4.67. The minimum absolute atomic E-state index is 0.129. The zero-order valence-corrected chi connectivity index (χ0v) is 25.2. The summed E-state index contributed by atoms with van der Waals surface area (Å²) in [5.41, 5.74) is -0.363. The van der Waals surface area contributed by atoms with E-state index < -0.39 is 69.6 Å². The van der Waals surface area contributed by atoms with Gasteiger partial charge in [0.25, 0.3) is 5.09 Å². The number of sulfone groups is 1. The van der Waals surface area contributed by atoms with Gasteiger partial charge in [-0.3, -0.25) is 9.59 Å². The number of carbonyl (C=O) groups is 2. The summed E-state index contributed by atoms with van der Waals surface area (Å²) in [5, 5.41) is 37.2. The van der Waals surface area contributed by atoms with Crippen molar-refractivity contribution in [2.75, 3.05) is 44.2 Å². The number of aliphatic hydroxyl groups is 2. The van der Waals surface area contributed by atoms with Crippen molar-refractivity contribution in [1.29, 1.82) is 0 Å². The first-order valence-corrected chi connectivity index (χ1v) is 15.3. The fourth-order valence-corrected chi connectivity index (χ4v) is 5.61. The molecule has 0 aromatic heterocycles. The van der Waals surface area contributed by atoms with Crippen LogP contribution in [0.4, 0.5) is 5.69 Å². The SMILES string of the molecule is CCOc1cc([C@@H](CS(C)(=O)=O)N2[C@@H](O)c3cccc(NC(=O)CNC(=O)C(C)(C)CO[N+](=O)[O-])c3[C@@H]2O)ccc1OC. The van der Waals surface area contributed by atoms with Gasteiger partial charge in [0, 0.05) is 23.1 Å². The van der Waals surface area contributed by atoms with Gasteiger partial charge in [0.05, 0.1) is 37.5 Å². The summed E-state index contributed by atoms with van der Waals surface area (Å²) in [6.45, 7) is 3.88. The van der Waals surface area contributed by atoms with Crippen LogP contribution in [0.5, 0.6) is 11.5 Å². The lowest BCUT2D eigenvalue weighted by molar-refractivity contribution is -0.760. The minimum atomic E-state index is -3.64. The fraction of sp³-hybridized carbons (Fsp3) is 0.481. The van der Waals surface area contributed by atoms with Crippen molar-refractivity contribution in [1.82, 2.24) is 10.2 Å². The zero-order chi connectivity index (χ0) is 32.1. The highest BCUT2D eigenvalue weighted by atomic mass is 32.2. The largest absolute Gasteiger partial charge is 0.493 e. The Morgan fingerprint density at radius 2 is 1.86 bits per heavy atom. The molecule has 2 amide bonds. The lowest BCUT2D eigenvalue weighted by Crippen LogP contribution is -2.43. The van der Waals surface area contributed by atoms with Crippen molar-refractivity contribution in [3.63, 3.8) is 0 Å². The number of rotatable bonds is 14. The predicted molar refractivity (Wildman–Crippen MR) is 153 cm³/mol. The van der Waals surface area contributed by atoms with Gasteiger partial charge in [-0.1, -0.05) is 18.2 Å². The number of nitrogens with zero attached hydrogens (tertiary/aromatic N) is 2. The van der Waals surface area contributed by atoms with Crippen LogP contribution in [0.3, 0.4) is 0 Å². The van der Waals surface area contributed by atoms with Crippen LogP contribution >= 0.6 is 0 Å². The number of anilines is 1. The van der Waals surface area contributed by atoms with Gasteiger partial charge in [-0.05, 0) is 44.5 Å². The molecule has 16 heteroatoms. The number of hydrogen-bond donors (Lipinski definition) is 4. The Kier molecular flexibility index (Phi) is 10.6. The molecule has 2 aromatic carbocycles. The second-order valence-corrected chi connectivity index (χ2v) is 12.8. The Labute approximate surface area is 248 Å². The Balaban J connectivity index is 1.87. The molecule has 1 heterocycles. The monoisotopic (exact) mass is 624 g/mol. The molecule has 0 aliphatic carbocycles. The number of hydrogen-bond acceptors (Lipinski definition) is 12. The summed E-state index contributed by atoms with van der Waals surface area (Å²) < 4.78 is 36.0. The molecule has 0 saturated heterocycles.